The van der Waals surface area contributed by atoms with Gasteiger partial charge in [0.15, 0.2) is 6.10 Å². The second-order valence-electron chi connectivity index (χ2n) is 8.16. The smallest absolute Gasteiger partial charge is 0.253 e. The lowest BCUT2D eigenvalue weighted by Crippen LogP contribution is -2.22. The molecule has 0 spiro atoms. The molecule has 1 aliphatic carbocycles. The fraction of sp³-hybridized carbons (Fsp3) is 0.391. The Hall–Kier alpha value is -2.86. The first-order valence-electron chi connectivity index (χ1n) is 9.81. The summed E-state index contributed by atoms with van der Waals surface area (Å²) in [7, 11) is 5.38. The van der Waals surface area contributed by atoms with Gasteiger partial charge >= 0.3 is 0 Å². The average Bonchev–Trinajstić information content (AvgIpc) is 3.16. The van der Waals surface area contributed by atoms with Gasteiger partial charge in [-0.1, -0.05) is 12.1 Å². The van der Waals surface area contributed by atoms with E-state index in [9.17, 15) is 9.90 Å². The van der Waals surface area contributed by atoms with Crippen molar-refractivity contribution in [2.75, 3.05) is 14.1 Å². The van der Waals surface area contributed by atoms with E-state index in [1.54, 1.807) is 25.1 Å². The molecule has 1 aromatic heterocycles. The van der Waals surface area contributed by atoms with Gasteiger partial charge in [0.05, 0.1) is 11.6 Å². The Morgan fingerprint density at radius 3 is 2.59 bits per heavy atom. The highest BCUT2D eigenvalue weighted by Crippen LogP contribution is 2.40. The number of carbonyl (C=O) groups excluding carboxylic acids is 1. The number of aromatic nitrogens is 2. The number of amides is 1. The summed E-state index contributed by atoms with van der Waals surface area (Å²) in [5.74, 6) is 1.25. The van der Waals surface area contributed by atoms with E-state index >= 15 is 0 Å². The Labute approximate surface area is 170 Å². The van der Waals surface area contributed by atoms with Gasteiger partial charge in [0.25, 0.3) is 5.91 Å². The summed E-state index contributed by atoms with van der Waals surface area (Å²) in [6, 6.07) is 7.74. The molecule has 1 amide bonds. The molecule has 1 N–H and O–H groups in total. The molecule has 4 rings (SSSR count). The zero-order valence-corrected chi connectivity index (χ0v) is 17.8. The van der Waals surface area contributed by atoms with Gasteiger partial charge in [0, 0.05) is 38.7 Å². The van der Waals surface area contributed by atoms with Crippen molar-refractivity contribution in [1.29, 1.82) is 0 Å². The van der Waals surface area contributed by atoms with Gasteiger partial charge in [0.2, 0.25) is 0 Å². The van der Waals surface area contributed by atoms with Crippen molar-refractivity contribution in [3.8, 4) is 5.75 Å². The number of benzene rings is 2. The van der Waals surface area contributed by atoms with Crippen molar-refractivity contribution in [3.63, 3.8) is 0 Å². The summed E-state index contributed by atoms with van der Waals surface area (Å²) < 4.78 is 8.35. The first-order chi connectivity index (χ1) is 13.7. The van der Waals surface area contributed by atoms with Crippen LogP contribution in [0.3, 0.4) is 0 Å². The molecular formula is C23H27N3O3. The van der Waals surface area contributed by atoms with Crippen LogP contribution in [0.2, 0.25) is 0 Å². The summed E-state index contributed by atoms with van der Waals surface area (Å²) >= 11 is 0. The molecule has 0 unspecified atom stereocenters. The molecule has 0 saturated heterocycles. The van der Waals surface area contributed by atoms with Gasteiger partial charge in [-0.3, -0.25) is 4.79 Å². The van der Waals surface area contributed by atoms with E-state index in [1.807, 2.05) is 31.5 Å². The van der Waals surface area contributed by atoms with Crippen LogP contribution in [-0.2, 0) is 13.5 Å². The lowest BCUT2D eigenvalue weighted by Gasteiger charge is -2.21. The molecule has 0 radical (unpaired) electrons. The van der Waals surface area contributed by atoms with E-state index in [1.165, 1.54) is 0 Å². The SMILES string of the molecule is Cc1ccc(C)c2c1C[C@@H](O)[C@@H]2Oc1cc(C(=O)N(C)C)cc2c1nc(C)n2C. The lowest BCUT2D eigenvalue weighted by molar-refractivity contribution is 0.0500. The van der Waals surface area contributed by atoms with Gasteiger partial charge in [0.1, 0.15) is 17.1 Å². The fourth-order valence-corrected chi connectivity index (χ4v) is 4.18. The van der Waals surface area contributed by atoms with E-state index in [2.05, 4.69) is 24.0 Å². The van der Waals surface area contributed by atoms with Crippen molar-refractivity contribution < 1.29 is 14.6 Å². The van der Waals surface area contributed by atoms with Crippen molar-refractivity contribution in [2.45, 2.75) is 39.4 Å². The topological polar surface area (TPSA) is 67.6 Å². The largest absolute Gasteiger partial charge is 0.481 e. The van der Waals surface area contributed by atoms with Gasteiger partial charge < -0.3 is 19.3 Å². The first kappa shape index (κ1) is 19.5. The molecule has 3 aromatic rings. The first-order valence-corrected chi connectivity index (χ1v) is 9.81. The number of carbonyl (C=O) groups is 1. The standard InChI is InChI=1S/C23H27N3O3/c1-12-7-8-13(2)20-16(12)11-18(27)22(20)29-19-10-15(23(28)25(4)5)9-17-21(19)24-14(3)26(17)6/h7-10,18,22,27H,11H2,1-6H3/t18-,22+/m1/s1. The molecule has 6 nitrogen and oxygen atoms in total. The Bertz CT molecular complexity index is 1130. The van der Waals surface area contributed by atoms with Crippen molar-refractivity contribution in [2.24, 2.45) is 7.05 Å². The molecule has 0 aliphatic heterocycles. The van der Waals surface area contributed by atoms with Crippen molar-refractivity contribution in [1.82, 2.24) is 14.5 Å². The summed E-state index contributed by atoms with van der Waals surface area (Å²) in [6.07, 6.45) is -0.563. The maximum atomic E-state index is 12.6. The second-order valence-corrected chi connectivity index (χ2v) is 8.16. The Balaban J connectivity index is 1.86. The number of ether oxygens (including phenoxy) is 1. The zero-order valence-electron chi connectivity index (χ0n) is 17.8. The van der Waals surface area contributed by atoms with Crippen LogP contribution in [0, 0.1) is 20.8 Å². The van der Waals surface area contributed by atoms with Crippen LogP contribution in [0.5, 0.6) is 5.75 Å². The van der Waals surface area contributed by atoms with Crippen LogP contribution < -0.4 is 4.74 Å². The maximum Gasteiger partial charge on any atom is 0.253 e. The fourth-order valence-electron chi connectivity index (χ4n) is 4.18. The number of hydrogen-bond acceptors (Lipinski definition) is 4. The van der Waals surface area contributed by atoms with Crippen molar-refractivity contribution >= 4 is 16.9 Å². The minimum atomic E-state index is -0.641. The highest BCUT2D eigenvalue weighted by Gasteiger charge is 2.36. The molecule has 2 aromatic carbocycles. The molecular weight excluding hydrogens is 366 g/mol. The lowest BCUT2D eigenvalue weighted by atomic mass is 9.99. The summed E-state index contributed by atoms with van der Waals surface area (Å²) in [5.41, 5.74) is 6.52. The number of hydrogen-bond donors (Lipinski definition) is 1. The number of rotatable bonds is 3. The Morgan fingerprint density at radius 1 is 1.21 bits per heavy atom. The summed E-state index contributed by atoms with van der Waals surface area (Å²) in [6.45, 7) is 6.02. The highest BCUT2D eigenvalue weighted by atomic mass is 16.5. The molecule has 1 aliphatic rings. The van der Waals surface area contributed by atoms with Gasteiger partial charge in [-0.15, -0.1) is 0 Å². The number of imidazole rings is 1. The molecule has 6 heteroatoms. The van der Waals surface area contributed by atoms with Crippen LogP contribution in [-0.4, -0.2) is 45.7 Å². The minimum absolute atomic E-state index is 0.102. The normalized spacial score (nSPS) is 18.2. The molecule has 2 atom stereocenters. The zero-order chi connectivity index (χ0) is 21.0. The van der Waals surface area contributed by atoms with Crippen molar-refractivity contribution in [3.05, 3.63) is 57.9 Å². The predicted octanol–water partition coefficient (Wildman–Crippen LogP) is 3.24. The Morgan fingerprint density at radius 2 is 1.90 bits per heavy atom. The highest BCUT2D eigenvalue weighted by molar-refractivity contribution is 5.99. The van der Waals surface area contributed by atoms with Gasteiger partial charge in [-0.2, -0.15) is 0 Å². The molecule has 0 fully saturated rings. The number of fused-ring (bicyclic) bond motifs is 2. The van der Waals surface area contributed by atoms with Crippen LogP contribution in [0.25, 0.3) is 11.0 Å². The average molecular weight is 393 g/mol. The van der Waals surface area contributed by atoms with Crippen LogP contribution in [0.1, 0.15) is 44.5 Å². The maximum absolute atomic E-state index is 12.6. The van der Waals surface area contributed by atoms with Crippen LogP contribution in [0.4, 0.5) is 0 Å². The molecule has 0 bridgehead atoms. The van der Waals surface area contributed by atoms with E-state index < -0.39 is 12.2 Å². The quantitative estimate of drug-likeness (QED) is 0.742. The predicted molar refractivity (Wildman–Crippen MR) is 112 cm³/mol. The third-order valence-electron chi connectivity index (χ3n) is 5.94. The molecule has 0 saturated carbocycles. The molecule has 152 valence electrons. The van der Waals surface area contributed by atoms with E-state index in [-0.39, 0.29) is 5.91 Å². The number of aryl methyl sites for hydroxylation is 4. The van der Waals surface area contributed by atoms with E-state index in [4.69, 9.17) is 4.74 Å². The summed E-state index contributed by atoms with van der Waals surface area (Å²) in [5, 5.41) is 10.8. The van der Waals surface area contributed by atoms with Gasteiger partial charge in [-0.05, 0) is 49.6 Å². The second kappa shape index (κ2) is 6.88. The van der Waals surface area contributed by atoms with Gasteiger partial charge in [-0.25, -0.2) is 4.98 Å². The molecule has 1 heterocycles. The number of aliphatic hydroxyl groups is 1. The monoisotopic (exact) mass is 393 g/mol. The summed E-state index contributed by atoms with van der Waals surface area (Å²) in [4.78, 5) is 18.8. The third kappa shape index (κ3) is 3.08. The number of nitrogens with zero attached hydrogens (tertiary/aromatic N) is 3. The number of aliphatic hydroxyl groups excluding tert-OH is 1. The van der Waals surface area contributed by atoms with Crippen LogP contribution in [0.15, 0.2) is 24.3 Å². The molecule has 29 heavy (non-hydrogen) atoms. The van der Waals surface area contributed by atoms with Crippen LogP contribution >= 0.6 is 0 Å². The Kier molecular flexibility index (Phi) is 4.62. The van der Waals surface area contributed by atoms with E-state index in [0.717, 1.165) is 33.6 Å². The third-order valence-corrected chi connectivity index (χ3v) is 5.94. The minimum Gasteiger partial charge on any atom is -0.481 e. The van der Waals surface area contributed by atoms with E-state index in [0.29, 0.717) is 23.3 Å².